The van der Waals surface area contributed by atoms with Gasteiger partial charge in [-0.25, -0.2) is 9.59 Å². The number of rotatable bonds is 7. The first-order valence-electron chi connectivity index (χ1n) is 10.2. The van der Waals surface area contributed by atoms with Crippen LogP contribution in [0.4, 0.5) is 0 Å². The molecule has 0 radical (unpaired) electrons. The van der Waals surface area contributed by atoms with Crippen LogP contribution < -0.4 is 0 Å². The zero-order valence-electron chi connectivity index (χ0n) is 17.5. The Morgan fingerprint density at radius 2 is 1.83 bits per heavy atom. The monoisotopic (exact) mass is 415 g/mol. The Bertz CT molecular complexity index is 835. The van der Waals surface area contributed by atoms with E-state index in [2.05, 4.69) is 60.3 Å². The van der Waals surface area contributed by atoms with E-state index in [1.54, 1.807) is 0 Å². The van der Waals surface area contributed by atoms with Crippen molar-refractivity contribution in [3.63, 3.8) is 0 Å². The first kappa shape index (κ1) is 23.3. The van der Waals surface area contributed by atoms with Gasteiger partial charge in [-0.05, 0) is 24.1 Å². The lowest BCUT2D eigenvalue weighted by Gasteiger charge is -2.30. The number of hydrogen-bond donors (Lipinski definition) is 2. The lowest BCUT2D eigenvalue weighted by molar-refractivity contribution is -0.159. The summed E-state index contributed by atoms with van der Waals surface area (Å²) >= 11 is 0. The second-order valence-electron chi connectivity index (χ2n) is 7.05. The molecule has 1 unspecified atom stereocenters. The number of carboxylic acids is 2. The molecular formula is C22H29N3O5. The second-order valence-corrected chi connectivity index (χ2v) is 7.05. The number of aromatic nitrogens is 2. The van der Waals surface area contributed by atoms with Gasteiger partial charge in [-0.1, -0.05) is 68.3 Å². The lowest BCUT2D eigenvalue weighted by Crippen LogP contribution is -2.33. The Morgan fingerprint density at radius 3 is 2.43 bits per heavy atom. The molecule has 0 amide bonds. The van der Waals surface area contributed by atoms with Gasteiger partial charge in [-0.3, -0.25) is 4.90 Å². The number of aliphatic carboxylic acids is 2. The molecule has 8 heteroatoms. The highest BCUT2D eigenvalue weighted by Crippen LogP contribution is 2.34. The van der Waals surface area contributed by atoms with Crippen molar-refractivity contribution in [3.05, 3.63) is 53.7 Å². The Morgan fingerprint density at radius 1 is 1.13 bits per heavy atom. The molecule has 30 heavy (non-hydrogen) atoms. The molecule has 0 fully saturated rings. The van der Waals surface area contributed by atoms with Gasteiger partial charge < -0.3 is 14.7 Å². The Kier molecular flexibility index (Phi) is 9.21. The smallest absolute Gasteiger partial charge is 0.414 e. The van der Waals surface area contributed by atoms with Crippen molar-refractivity contribution in [1.82, 2.24) is 15.0 Å². The minimum absolute atomic E-state index is 0.161. The molecule has 0 spiro atoms. The van der Waals surface area contributed by atoms with Crippen LogP contribution in [-0.2, 0) is 16.0 Å². The summed E-state index contributed by atoms with van der Waals surface area (Å²) in [4.78, 5) is 25.3. The number of carboxylic acid groups (broad SMARTS) is 2. The summed E-state index contributed by atoms with van der Waals surface area (Å²) in [7, 11) is 0. The third-order valence-electron chi connectivity index (χ3n) is 4.91. The third-order valence-corrected chi connectivity index (χ3v) is 4.91. The fourth-order valence-electron chi connectivity index (χ4n) is 3.26. The highest BCUT2D eigenvalue weighted by molar-refractivity contribution is 6.27. The van der Waals surface area contributed by atoms with Crippen LogP contribution in [0.15, 0.2) is 40.9 Å². The summed E-state index contributed by atoms with van der Waals surface area (Å²) in [6.07, 6.45) is 6.77. The summed E-state index contributed by atoms with van der Waals surface area (Å²) < 4.78 is 5.65. The molecule has 0 saturated heterocycles. The maximum absolute atomic E-state index is 9.10. The van der Waals surface area contributed by atoms with E-state index >= 15 is 0 Å². The van der Waals surface area contributed by atoms with Gasteiger partial charge in [0.1, 0.15) is 0 Å². The fraction of sp³-hybridized carbons (Fsp3) is 0.455. The summed E-state index contributed by atoms with van der Waals surface area (Å²) in [5, 5.41) is 19.0. The van der Waals surface area contributed by atoms with Gasteiger partial charge in [0.15, 0.2) is 5.82 Å². The van der Waals surface area contributed by atoms with Crippen molar-refractivity contribution in [1.29, 1.82) is 0 Å². The molecule has 2 N–H and O–H groups in total. The zero-order chi connectivity index (χ0) is 21.9. The van der Waals surface area contributed by atoms with Crippen molar-refractivity contribution in [2.75, 3.05) is 19.6 Å². The molecule has 0 aliphatic carbocycles. The van der Waals surface area contributed by atoms with Gasteiger partial charge in [-0.15, -0.1) is 0 Å². The maximum atomic E-state index is 9.10. The van der Waals surface area contributed by atoms with Crippen molar-refractivity contribution < 1.29 is 24.3 Å². The molecule has 1 aliphatic rings. The number of hydrogen-bond acceptors (Lipinski definition) is 6. The minimum Gasteiger partial charge on any atom is -0.473 e. The van der Waals surface area contributed by atoms with Gasteiger partial charge in [0.05, 0.1) is 5.92 Å². The molecule has 8 nitrogen and oxygen atoms in total. The highest BCUT2D eigenvalue weighted by Gasteiger charge is 2.29. The largest absolute Gasteiger partial charge is 0.473 e. The van der Waals surface area contributed by atoms with E-state index in [4.69, 9.17) is 29.3 Å². The van der Waals surface area contributed by atoms with E-state index in [1.165, 1.54) is 24.0 Å². The van der Waals surface area contributed by atoms with Gasteiger partial charge >= 0.3 is 11.9 Å². The summed E-state index contributed by atoms with van der Waals surface area (Å²) in [6, 6.07) is 10.6. The molecule has 2 heterocycles. The van der Waals surface area contributed by atoms with E-state index < -0.39 is 11.9 Å². The number of benzene rings is 1. The second kappa shape index (κ2) is 11.9. The van der Waals surface area contributed by atoms with Crippen molar-refractivity contribution >= 4 is 17.5 Å². The van der Waals surface area contributed by atoms with Crippen LogP contribution in [0.1, 0.15) is 56.3 Å². The Labute approximate surface area is 176 Å². The van der Waals surface area contributed by atoms with E-state index in [-0.39, 0.29) is 5.92 Å². The van der Waals surface area contributed by atoms with E-state index in [1.807, 2.05) is 0 Å². The van der Waals surface area contributed by atoms with Crippen LogP contribution in [0.5, 0.6) is 0 Å². The molecule has 1 aromatic carbocycles. The first-order chi connectivity index (χ1) is 14.5. The quantitative estimate of drug-likeness (QED) is 0.522. The van der Waals surface area contributed by atoms with Gasteiger partial charge in [0, 0.05) is 19.5 Å². The normalized spacial score (nSPS) is 16.3. The predicted octanol–water partition coefficient (Wildman–Crippen LogP) is 3.46. The fourth-order valence-corrected chi connectivity index (χ4v) is 3.26. The van der Waals surface area contributed by atoms with Crippen LogP contribution in [-0.4, -0.2) is 56.8 Å². The van der Waals surface area contributed by atoms with Crippen LogP contribution in [0.2, 0.25) is 0 Å². The molecule has 3 rings (SSSR count). The molecular weight excluding hydrogens is 386 g/mol. The molecule has 0 bridgehead atoms. The molecule has 1 atom stereocenters. The number of aryl methyl sites for hydroxylation is 1. The number of likely N-dealkylation sites (N-methyl/N-ethyl adjacent to an activating group) is 1. The van der Waals surface area contributed by atoms with Crippen molar-refractivity contribution in [2.24, 2.45) is 0 Å². The number of nitrogens with zero attached hydrogens (tertiary/aromatic N) is 3. The van der Waals surface area contributed by atoms with Crippen molar-refractivity contribution in [3.8, 4) is 0 Å². The van der Waals surface area contributed by atoms with Crippen molar-refractivity contribution in [2.45, 2.75) is 45.4 Å². The summed E-state index contributed by atoms with van der Waals surface area (Å²) in [5.74, 6) is -1.88. The molecule has 162 valence electrons. The van der Waals surface area contributed by atoms with Gasteiger partial charge in [0.25, 0.3) is 0 Å². The van der Waals surface area contributed by atoms with E-state index in [9.17, 15) is 0 Å². The molecule has 2 aromatic rings. The number of carbonyl (C=O) groups is 2. The molecule has 0 saturated carbocycles. The molecule has 1 aromatic heterocycles. The average molecular weight is 415 g/mol. The highest BCUT2D eigenvalue weighted by atomic mass is 16.5. The Hall–Kier alpha value is -3.00. The van der Waals surface area contributed by atoms with Gasteiger partial charge in [0.2, 0.25) is 5.89 Å². The average Bonchev–Trinajstić information content (AvgIpc) is 3.23. The maximum Gasteiger partial charge on any atom is 0.414 e. The summed E-state index contributed by atoms with van der Waals surface area (Å²) in [6.45, 7) is 7.36. The topological polar surface area (TPSA) is 117 Å². The van der Waals surface area contributed by atoms with Gasteiger partial charge in [-0.2, -0.15) is 4.98 Å². The summed E-state index contributed by atoms with van der Waals surface area (Å²) in [5.41, 5.74) is 2.56. The van der Waals surface area contributed by atoms with Crippen LogP contribution in [0.25, 0.3) is 5.57 Å². The first-order valence-corrected chi connectivity index (χ1v) is 10.2. The third kappa shape index (κ3) is 6.81. The van der Waals surface area contributed by atoms with E-state index in [0.29, 0.717) is 0 Å². The predicted molar refractivity (Wildman–Crippen MR) is 112 cm³/mol. The minimum atomic E-state index is -1.82. The van der Waals surface area contributed by atoms with Crippen LogP contribution >= 0.6 is 0 Å². The SMILES string of the molecule is CCCCCc1noc(C2CN(CC)CC=C2c2ccccc2)n1.O=C(O)C(=O)O. The Balaban J connectivity index is 0.000000469. The molecule has 1 aliphatic heterocycles. The lowest BCUT2D eigenvalue weighted by atomic mass is 9.89. The van der Waals surface area contributed by atoms with Crippen LogP contribution in [0.3, 0.4) is 0 Å². The zero-order valence-corrected chi connectivity index (χ0v) is 17.5. The number of unbranched alkanes of at least 4 members (excludes halogenated alkanes) is 2. The van der Waals surface area contributed by atoms with Crippen LogP contribution in [0, 0.1) is 0 Å². The van der Waals surface area contributed by atoms with E-state index in [0.717, 1.165) is 44.2 Å². The standard InChI is InChI=1S/C20H27N3O.C2H2O4/c1-3-5-7-12-19-21-20(24-22-19)18-15-23(4-2)14-13-17(18)16-10-8-6-9-11-16;3-1(4)2(5)6/h6,8-11,13,18H,3-5,7,12,14-15H2,1-2H3;(H,3,4)(H,5,6).